The van der Waals surface area contributed by atoms with Crippen molar-refractivity contribution in [3.05, 3.63) is 42.5 Å². The average Bonchev–Trinajstić information content (AvgIpc) is 2.87. The highest BCUT2D eigenvalue weighted by molar-refractivity contribution is 7.99. The molecule has 2 N–H and O–H groups in total. The van der Waals surface area contributed by atoms with Gasteiger partial charge in [0.2, 0.25) is 0 Å². The number of pyridine rings is 1. The van der Waals surface area contributed by atoms with Crippen LogP contribution in [0.2, 0.25) is 0 Å². The molecule has 0 fully saturated rings. The standard InChI is InChI=1S/C14H17N3O2S/c1-17-7-2-4-12(17)14(19)16-11-10-15-6-5-13(11)20-9-3-8-18/h2,4-7,10,18H,3,8-9H2,1H3,(H,16,19). The van der Waals surface area contributed by atoms with Crippen molar-refractivity contribution in [1.82, 2.24) is 9.55 Å². The van der Waals surface area contributed by atoms with Gasteiger partial charge < -0.3 is 15.0 Å². The number of aliphatic hydroxyl groups is 1. The zero-order chi connectivity index (χ0) is 14.4. The van der Waals surface area contributed by atoms with Crippen molar-refractivity contribution >= 4 is 23.4 Å². The van der Waals surface area contributed by atoms with Gasteiger partial charge in [-0.15, -0.1) is 11.8 Å². The topological polar surface area (TPSA) is 67.2 Å². The van der Waals surface area contributed by atoms with Crippen molar-refractivity contribution in [3.8, 4) is 0 Å². The fourth-order valence-electron chi connectivity index (χ4n) is 1.73. The lowest BCUT2D eigenvalue weighted by Gasteiger charge is -2.10. The van der Waals surface area contributed by atoms with Gasteiger partial charge in [0.25, 0.3) is 5.91 Å². The summed E-state index contributed by atoms with van der Waals surface area (Å²) in [6.07, 6.45) is 5.88. The van der Waals surface area contributed by atoms with Crippen molar-refractivity contribution in [2.45, 2.75) is 11.3 Å². The Morgan fingerprint density at radius 1 is 1.50 bits per heavy atom. The summed E-state index contributed by atoms with van der Waals surface area (Å²) >= 11 is 1.59. The van der Waals surface area contributed by atoms with E-state index in [1.54, 1.807) is 34.8 Å². The van der Waals surface area contributed by atoms with Crippen LogP contribution in [0.15, 0.2) is 41.7 Å². The van der Waals surface area contributed by atoms with Gasteiger partial charge in [-0.05, 0) is 24.6 Å². The van der Waals surface area contributed by atoms with Gasteiger partial charge in [-0.1, -0.05) is 0 Å². The third-order valence-electron chi connectivity index (χ3n) is 2.77. The molecule has 5 nitrogen and oxygen atoms in total. The Balaban J connectivity index is 2.09. The minimum absolute atomic E-state index is 0.158. The number of nitrogens with zero attached hydrogens (tertiary/aromatic N) is 2. The predicted molar refractivity (Wildman–Crippen MR) is 80.0 cm³/mol. The van der Waals surface area contributed by atoms with Gasteiger partial charge in [0.15, 0.2) is 0 Å². The normalized spacial score (nSPS) is 10.5. The molecule has 0 aromatic carbocycles. The van der Waals surface area contributed by atoms with Gasteiger partial charge in [0.05, 0.1) is 11.9 Å². The smallest absolute Gasteiger partial charge is 0.272 e. The first kappa shape index (κ1) is 14.6. The molecule has 2 aromatic heterocycles. The SMILES string of the molecule is Cn1cccc1C(=O)Nc1cnccc1SCCCO. The van der Waals surface area contributed by atoms with Gasteiger partial charge in [-0.2, -0.15) is 0 Å². The summed E-state index contributed by atoms with van der Waals surface area (Å²) in [6.45, 7) is 0.170. The molecule has 106 valence electrons. The zero-order valence-electron chi connectivity index (χ0n) is 11.2. The molecule has 1 amide bonds. The Kier molecular flexibility index (Phi) is 5.20. The summed E-state index contributed by atoms with van der Waals surface area (Å²) in [4.78, 5) is 17.2. The van der Waals surface area contributed by atoms with Crippen LogP contribution in [0.3, 0.4) is 0 Å². The highest BCUT2D eigenvalue weighted by Crippen LogP contribution is 2.26. The van der Waals surface area contributed by atoms with Crippen LogP contribution < -0.4 is 5.32 Å². The van der Waals surface area contributed by atoms with Gasteiger partial charge >= 0.3 is 0 Å². The molecule has 20 heavy (non-hydrogen) atoms. The van der Waals surface area contributed by atoms with E-state index in [1.165, 1.54) is 0 Å². The first-order valence-electron chi connectivity index (χ1n) is 6.32. The number of amides is 1. The molecule has 2 heterocycles. The highest BCUT2D eigenvalue weighted by atomic mass is 32.2. The molecule has 0 aliphatic heterocycles. The zero-order valence-corrected chi connectivity index (χ0v) is 12.1. The molecule has 6 heteroatoms. The van der Waals surface area contributed by atoms with Crippen LogP contribution in [0.4, 0.5) is 5.69 Å². The minimum atomic E-state index is -0.158. The maximum Gasteiger partial charge on any atom is 0.272 e. The Morgan fingerprint density at radius 3 is 3.05 bits per heavy atom. The monoisotopic (exact) mass is 291 g/mol. The predicted octanol–water partition coefficient (Wildman–Crippen LogP) is 2.15. The van der Waals surface area contributed by atoms with E-state index in [-0.39, 0.29) is 12.5 Å². The second kappa shape index (κ2) is 7.12. The number of anilines is 1. The number of hydrogen-bond donors (Lipinski definition) is 2. The second-order valence-corrected chi connectivity index (χ2v) is 5.39. The number of carbonyl (C=O) groups is 1. The third-order valence-corrected chi connectivity index (χ3v) is 3.93. The van der Waals surface area contributed by atoms with E-state index in [2.05, 4.69) is 10.3 Å². The lowest BCUT2D eigenvalue weighted by atomic mass is 10.3. The van der Waals surface area contributed by atoms with Crippen molar-refractivity contribution in [3.63, 3.8) is 0 Å². The third kappa shape index (κ3) is 3.61. The molecular formula is C14H17N3O2S. The fraction of sp³-hybridized carbons (Fsp3) is 0.286. The number of nitrogens with one attached hydrogen (secondary N) is 1. The lowest BCUT2D eigenvalue weighted by Crippen LogP contribution is -2.16. The minimum Gasteiger partial charge on any atom is -0.396 e. The van der Waals surface area contributed by atoms with Crippen LogP contribution in [0.1, 0.15) is 16.9 Å². The molecule has 2 rings (SSSR count). The maximum absolute atomic E-state index is 12.2. The number of hydrogen-bond acceptors (Lipinski definition) is 4. The number of thioether (sulfide) groups is 1. The average molecular weight is 291 g/mol. The fourth-order valence-corrected chi connectivity index (χ4v) is 2.64. The Morgan fingerprint density at radius 2 is 2.35 bits per heavy atom. The molecule has 0 unspecified atom stereocenters. The van der Waals surface area contributed by atoms with Crippen LogP contribution in [-0.4, -0.2) is 32.9 Å². The molecule has 0 saturated carbocycles. The molecule has 0 aliphatic carbocycles. The van der Waals surface area contributed by atoms with E-state index in [4.69, 9.17) is 5.11 Å². The van der Waals surface area contributed by atoms with Crippen molar-refractivity contribution < 1.29 is 9.90 Å². The molecule has 0 saturated heterocycles. The summed E-state index contributed by atoms with van der Waals surface area (Å²) in [6, 6.07) is 5.46. The first-order chi connectivity index (χ1) is 9.72. The molecular weight excluding hydrogens is 274 g/mol. The van der Waals surface area contributed by atoms with Crippen LogP contribution in [0, 0.1) is 0 Å². The van der Waals surface area contributed by atoms with E-state index >= 15 is 0 Å². The van der Waals surface area contributed by atoms with Crippen LogP contribution in [-0.2, 0) is 7.05 Å². The number of aryl methyl sites for hydroxylation is 1. The number of carbonyl (C=O) groups excluding carboxylic acids is 1. The summed E-state index contributed by atoms with van der Waals surface area (Å²) < 4.78 is 1.77. The number of rotatable bonds is 6. The highest BCUT2D eigenvalue weighted by Gasteiger charge is 2.11. The Hall–Kier alpha value is -1.79. The van der Waals surface area contributed by atoms with Crippen LogP contribution >= 0.6 is 11.8 Å². The van der Waals surface area contributed by atoms with E-state index in [0.29, 0.717) is 11.4 Å². The molecule has 2 aromatic rings. The summed E-state index contributed by atoms with van der Waals surface area (Å²) in [5, 5.41) is 11.7. The molecule has 0 aliphatic rings. The molecule has 0 bridgehead atoms. The maximum atomic E-state index is 12.2. The molecule has 0 atom stereocenters. The lowest BCUT2D eigenvalue weighted by molar-refractivity contribution is 0.101. The van der Waals surface area contributed by atoms with Crippen LogP contribution in [0.25, 0.3) is 0 Å². The van der Waals surface area contributed by atoms with Crippen molar-refractivity contribution in [2.24, 2.45) is 7.05 Å². The van der Waals surface area contributed by atoms with Gasteiger partial charge in [0.1, 0.15) is 5.69 Å². The van der Waals surface area contributed by atoms with Gasteiger partial charge in [0, 0.05) is 36.7 Å². The van der Waals surface area contributed by atoms with Crippen molar-refractivity contribution in [2.75, 3.05) is 17.7 Å². The summed E-state index contributed by atoms with van der Waals surface area (Å²) in [7, 11) is 1.83. The van der Waals surface area contributed by atoms with E-state index < -0.39 is 0 Å². The van der Waals surface area contributed by atoms with Gasteiger partial charge in [-0.3, -0.25) is 9.78 Å². The molecule has 0 radical (unpaired) electrons. The Labute approximate surface area is 122 Å². The Bertz CT molecular complexity index is 583. The van der Waals surface area contributed by atoms with Crippen molar-refractivity contribution in [1.29, 1.82) is 0 Å². The quantitative estimate of drug-likeness (QED) is 0.632. The summed E-state index contributed by atoms with van der Waals surface area (Å²) in [5.74, 6) is 0.641. The van der Waals surface area contributed by atoms with Gasteiger partial charge in [-0.25, -0.2) is 0 Å². The first-order valence-corrected chi connectivity index (χ1v) is 7.31. The number of aliphatic hydroxyl groups excluding tert-OH is 1. The van der Waals surface area contributed by atoms with E-state index in [9.17, 15) is 4.79 Å². The van der Waals surface area contributed by atoms with E-state index in [1.807, 2.05) is 25.4 Å². The molecule has 0 spiro atoms. The number of aromatic nitrogens is 2. The van der Waals surface area contributed by atoms with Crippen LogP contribution in [0.5, 0.6) is 0 Å². The largest absolute Gasteiger partial charge is 0.396 e. The van der Waals surface area contributed by atoms with E-state index in [0.717, 1.165) is 17.1 Å². The summed E-state index contributed by atoms with van der Waals surface area (Å²) in [5.41, 5.74) is 1.29. The second-order valence-electron chi connectivity index (χ2n) is 4.26.